The van der Waals surface area contributed by atoms with Gasteiger partial charge in [0.2, 0.25) is 0 Å². The topological polar surface area (TPSA) is 48.8 Å². The Kier molecular flexibility index (Phi) is 7.81. The third kappa shape index (κ3) is 6.20. The molecule has 5 nitrogen and oxygen atoms in total. The van der Waals surface area contributed by atoms with Crippen molar-refractivity contribution in [1.82, 2.24) is 14.8 Å². The van der Waals surface area contributed by atoms with Gasteiger partial charge in [-0.25, -0.2) is 0 Å². The molecule has 168 valence electrons. The van der Waals surface area contributed by atoms with Gasteiger partial charge in [0, 0.05) is 50.2 Å². The normalized spacial score (nSPS) is 20.8. The highest BCUT2D eigenvalue weighted by molar-refractivity contribution is 5.39. The number of rotatable bonds is 8. The molecule has 1 atom stereocenters. The lowest BCUT2D eigenvalue weighted by molar-refractivity contribution is 0.0769. The molecule has 0 spiro atoms. The van der Waals surface area contributed by atoms with Gasteiger partial charge in [-0.15, -0.1) is 0 Å². The number of hydrogen-bond donors (Lipinski definition) is 1. The maximum absolute atomic E-state index is 10.5. The summed E-state index contributed by atoms with van der Waals surface area (Å²) in [5, 5.41) is 10.5. The molecule has 1 aliphatic carbocycles. The van der Waals surface area contributed by atoms with E-state index < -0.39 is 0 Å². The van der Waals surface area contributed by atoms with Crippen LogP contribution in [0, 0.1) is 5.92 Å². The van der Waals surface area contributed by atoms with Crippen LogP contribution in [0.5, 0.6) is 11.5 Å². The summed E-state index contributed by atoms with van der Waals surface area (Å²) in [5.74, 6) is 1.79. The molecule has 0 bridgehead atoms. The lowest BCUT2D eigenvalue weighted by atomic mass is 9.90. The predicted octanol–water partition coefficient (Wildman–Crippen LogP) is 4.84. The Balaban J connectivity index is 1.46. The Morgan fingerprint density at radius 1 is 1.10 bits per heavy atom. The van der Waals surface area contributed by atoms with Crippen molar-refractivity contribution in [2.75, 3.05) is 26.7 Å². The molecule has 2 aliphatic rings. The number of phenolic OH excluding ortho intramolecular Hbond substituents is 1. The van der Waals surface area contributed by atoms with E-state index in [4.69, 9.17) is 4.74 Å². The van der Waals surface area contributed by atoms with Gasteiger partial charge in [0.15, 0.2) is 0 Å². The minimum atomic E-state index is 0.337. The molecule has 2 fully saturated rings. The number of ether oxygens (including phenoxy) is 1. The lowest BCUT2D eigenvalue weighted by Crippen LogP contribution is -2.46. The molecule has 1 N–H and O–H groups in total. The summed E-state index contributed by atoms with van der Waals surface area (Å²) in [5.41, 5.74) is 2.13. The fraction of sp³-hybridized carbons (Fsp3) is 0.577. The van der Waals surface area contributed by atoms with E-state index in [0.717, 1.165) is 30.4 Å². The Labute approximate surface area is 187 Å². The highest BCUT2D eigenvalue weighted by Crippen LogP contribution is 2.29. The van der Waals surface area contributed by atoms with Crippen LogP contribution < -0.4 is 4.74 Å². The van der Waals surface area contributed by atoms with Crippen molar-refractivity contribution < 1.29 is 9.84 Å². The number of aromatic nitrogens is 1. The Morgan fingerprint density at radius 2 is 1.97 bits per heavy atom. The molecule has 5 heteroatoms. The van der Waals surface area contributed by atoms with Crippen molar-refractivity contribution in [3.63, 3.8) is 0 Å². The Bertz CT molecular complexity index is 808. The van der Waals surface area contributed by atoms with Crippen molar-refractivity contribution in [3.8, 4) is 11.5 Å². The molecule has 1 saturated heterocycles. The fourth-order valence-electron chi connectivity index (χ4n) is 5.38. The summed E-state index contributed by atoms with van der Waals surface area (Å²) in [6.45, 7) is 5.05. The first-order valence-electron chi connectivity index (χ1n) is 11.9. The van der Waals surface area contributed by atoms with E-state index in [9.17, 15) is 5.11 Å². The van der Waals surface area contributed by atoms with Crippen LogP contribution in [-0.4, -0.2) is 52.7 Å². The number of piperidine rings is 1. The van der Waals surface area contributed by atoms with Crippen LogP contribution >= 0.6 is 0 Å². The molecular formula is C26H37N3O2. The third-order valence-corrected chi connectivity index (χ3v) is 6.97. The molecule has 2 aromatic rings. The maximum Gasteiger partial charge on any atom is 0.120 e. The van der Waals surface area contributed by atoms with Gasteiger partial charge in [-0.05, 0) is 68.0 Å². The second-order valence-electron chi connectivity index (χ2n) is 9.32. The zero-order valence-electron chi connectivity index (χ0n) is 18.9. The quantitative estimate of drug-likeness (QED) is 0.658. The summed E-state index contributed by atoms with van der Waals surface area (Å²) < 4.78 is 5.39. The van der Waals surface area contributed by atoms with E-state index in [-0.39, 0.29) is 0 Å². The molecule has 1 saturated carbocycles. The largest absolute Gasteiger partial charge is 0.508 e. The van der Waals surface area contributed by atoms with Crippen molar-refractivity contribution in [1.29, 1.82) is 0 Å². The highest BCUT2D eigenvalue weighted by atomic mass is 16.5. The standard InChI is InChI=1S/C26H37N3O2/c1-31-25-11-12-26(30)23(15-25)20-28(17-21-7-5-13-27-16-21)18-22-8-6-14-29(19-22)24-9-3-2-4-10-24/h5,7,11-13,15-16,22,24,30H,2-4,6,8-10,14,17-20H2,1H3/t22-/m1/s1. The lowest BCUT2D eigenvalue weighted by Gasteiger charge is -2.41. The minimum Gasteiger partial charge on any atom is -0.508 e. The second kappa shape index (κ2) is 11.0. The van der Waals surface area contributed by atoms with Gasteiger partial charge in [0.05, 0.1) is 7.11 Å². The summed E-state index contributed by atoms with van der Waals surface area (Å²) in [4.78, 5) is 9.55. The minimum absolute atomic E-state index is 0.337. The van der Waals surface area contributed by atoms with Crippen LogP contribution in [0.4, 0.5) is 0 Å². The molecule has 0 radical (unpaired) electrons. The molecule has 0 amide bonds. The molecule has 4 rings (SSSR count). The van der Waals surface area contributed by atoms with Gasteiger partial charge >= 0.3 is 0 Å². The molecule has 0 unspecified atom stereocenters. The van der Waals surface area contributed by atoms with E-state index in [1.165, 1.54) is 63.6 Å². The molecule has 1 aromatic carbocycles. The van der Waals surface area contributed by atoms with E-state index in [1.54, 1.807) is 13.2 Å². The SMILES string of the molecule is COc1ccc(O)c(CN(Cc2cccnc2)C[C@H]2CCCN(C3CCCCC3)C2)c1. The zero-order chi connectivity index (χ0) is 21.5. The number of aromatic hydroxyl groups is 1. The van der Waals surface area contributed by atoms with Crippen LogP contribution in [0.3, 0.4) is 0 Å². The smallest absolute Gasteiger partial charge is 0.120 e. The summed E-state index contributed by atoms with van der Waals surface area (Å²) in [7, 11) is 1.67. The van der Waals surface area contributed by atoms with E-state index in [1.807, 2.05) is 30.6 Å². The van der Waals surface area contributed by atoms with Crippen LogP contribution in [0.2, 0.25) is 0 Å². The van der Waals surface area contributed by atoms with E-state index in [2.05, 4.69) is 20.9 Å². The average Bonchev–Trinajstić information content (AvgIpc) is 2.82. The van der Waals surface area contributed by atoms with Gasteiger partial charge in [-0.2, -0.15) is 0 Å². The summed E-state index contributed by atoms with van der Waals surface area (Å²) in [6, 6.07) is 10.4. The van der Waals surface area contributed by atoms with Crippen LogP contribution in [0.25, 0.3) is 0 Å². The first-order chi connectivity index (χ1) is 15.2. The van der Waals surface area contributed by atoms with Crippen LogP contribution in [-0.2, 0) is 13.1 Å². The molecule has 31 heavy (non-hydrogen) atoms. The molecule has 1 aromatic heterocycles. The summed E-state index contributed by atoms with van der Waals surface area (Å²) in [6.07, 6.45) is 13.3. The zero-order valence-corrected chi connectivity index (χ0v) is 18.9. The molecule has 1 aliphatic heterocycles. The number of phenols is 1. The maximum atomic E-state index is 10.5. The Hall–Kier alpha value is -2.11. The first-order valence-corrected chi connectivity index (χ1v) is 11.9. The average molecular weight is 424 g/mol. The van der Waals surface area contributed by atoms with Crippen LogP contribution in [0.15, 0.2) is 42.7 Å². The second-order valence-corrected chi connectivity index (χ2v) is 9.32. The van der Waals surface area contributed by atoms with Crippen molar-refractivity contribution in [2.45, 2.75) is 64.1 Å². The molecule has 2 heterocycles. The van der Waals surface area contributed by atoms with Gasteiger partial charge in [-0.3, -0.25) is 9.88 Å². The Morgan fingerprint density at radius 3 is 2.74 bits per heavy atom. The van der Waals surface area contributed by atoms with E-state index in [0.29, 0.717) is 18.2 Å². The van der Waals surface area contributed by atoms with Gasteiger partial charge < -0.3 is 14.7 Å². The van der Waals surface area contributed by atoms with Crippen molar-refractivity contribution in [2.24, 2.45) is 5.92 Å². The number of hydrogen-bond acceptors (Lipinski definition) is 5. The number of pyridine rings is 1. The van der Waals surface area contributed by atoms with Crippen molar-refractivity contribution in [3.05, 3.63) is 53.9 Å². The number of likely N-dealkylation sites (tertiary alicyclic amines) is 1. The third-order valence-electron chi connectivity index (χ3n) is 6.97. The monoisotopic (exact) mass is 423 g/mol. The van der Waals surface area contributed by atoms with E-state index >= 15 is 0 Å². The first kappa shape index (κ1) is 22.1. The predicted molar refractivity (Wildman–Crippen MR) is 124 cm³/mol. The van der Waals surface area contributed by atoms with Crippen molar-refractivity contribution >= 4 is 0 Å². The highest BCUT2D eigenvalue weighted by Gasteiger charge is 2.28. The summed E-state index contributed by atoms with van der Waals surface area (Å²) >= 11 is 0. The van der Waals surface area contributed by atoms with Gasteiger partial charge in [0.25, 0.3) is 0 Å². The molecular weight excluding hydrogens is 386 g/mol. The number of nitrogens with zero attached hydrogens (tertiary/aromatic N) is 3. The van der Waals surface area contributed by atoms with Crippen LogP contribution in [0.1, 0.15) is 56.1 Å². The fourth-order valence-corrected chi connectivity index (χ4v) is 5.38. The number of methoxy groups -OCH3 is 1. The van der Waals surface area contributed by atoms with Gasteiger partial charge in [-0.1, -0.05) is 25.3 Å². The number of benzene rings is 1. The van der Waals surface area contributed by atoms with Gasteiger partial charge in [0.1, 0.15) is 11.5 Å².